The smallest absolute Gasteiger partial charge is 0.339 e. The number of nitrogens with one attached hydrogen (secondary N) is 1. The van der Waals surface area contributed by atoms with Crippen molar-refractivity contribution in [3.8, 4) is 5.75 Å². The van der Waals surface area contributed by atoms with Gasteiger partial charge in [0.05, 0.1) is 22.8 Å². The maximum absolute atomic E-state index is 12.3. The number of hydrogen-bond acceptors (Lipinski definition) is 6. The molecule has 136 valence electrons. The minimum atomic E-state index is -1.10. The Hall–Kier alpha value is -3.42. The van der Waals surface area contributed by atoms with Crippen LogP contribution in [-0.4, -0.2) is 29.5 Å². The first-order valence-corrected chi connectivity index (χ1v) is 7.90. The van der Waals surface area contributed by atoms with Crippen molar-refractivity contribution >= 4 is 23.3 Å². The molecule has 1 N–H and O–H groups in total. The molecule has 0 aliphatic heterocycles. The molecule has 1 atom stereocenters. The molecule has 0 aromatic heterocycles. The number of nitro benzene ring substituents is 1. The van der Waals surface area contributed by atoms with Gasteiger partial charge in [-0.05, 0) is 32.0 Å². The summed E-state index contributed by atoms with van der Waals surface area (Å²) in [5.74, 6) is -0.870. The van der Waals surface area contributed by atoms with Crippen LogP contribution in [0.3, 0.4) is 0 Å². The van der Waals surface area contributed by atoms with Gasteiger partial charge in [-0.1, -0.05) is 18.2 Å². The van der Waals surface area contributed by atoms with Gasteiger partial charge in [0, 0.05) is 12.1 Å². The lowest BCUT2D eigenvalue weighted by atomic mass is 10.2. The first-order chi connectivity index (χ1) is 12.4. The molecule has 0 saturated heterocycles. The number of amides is 1. The number of nitro groups is 1. The van der Waals surface area contributed by atoms with E-state index in [0.717, 1.165) is 6.07 Å². The van der Waals surface area contributed by atoms with E-state index in [2.05, 4.69) is 5.32 Å². The molecule has 0 saturated carbocycles. The lowest BCUT2D eigenvalue weighted by Crippen LogP contribution is -2.30. The molecular formula is C18H18N2O6. The maximum atomic E-state index is 12.3. The zero-order valence-corrected chi connectivity index (χ0v) is 14.3. The lowest BCUT2D eigenvalue weighted by Gasteiger charge is -2.15. The highest BCUT2D eigenvalue weighted by Gasteiger charge is 2.21. The van der Waals surface area contributed by atoms with Crippen LogP contribution in [0.15, 0.2) is 48.5 Å². The number of anilines is 1. The topological polar surface area (TPSA) is 108 Å². The number of esters is 1. The number of rotatable bonds is 7. The van der Waals surface area contributed by atoms with Crippen molar-refractivity contribution in [3.63, 3.8) is 0 Å². The van der Waals surface area contributed by atoms with Gasteiger partial charge in [0.25, 0.3) is 11.6 Å². The molecule has 0 radical (unpaired) electrons. The fourth-order valence-electron chi connectivity index (χ4n) is 2.11. The third-order valence-corrected chi connectivity index (χ3v) is 3.39. The summed E-state index contributed by atoms with van der Waals surface area (Å²) in [4.78, 5) is 34.5. The number of ether oxygens (including phenoxy) is 2. The van der Waals surface area contributed by atoms with Gasteiger partial charge in [-0.2, -0.15) is 0 Å². The van der Waals surface area contributed by atoms with Gasteiger partial charge in [0.15, 0.2) is 6.10 Å². The van der Waals surface area contributed by atoms with Gasteiger partial charge in [0.2, 0.25) is 0 Å². The second kappa shape index (κ2) is 8.61. The van der Waals surface area contributed by atoms with Gasteiger partial charge < -0.3 is 14.8 Å². The number of benzene rings is 2. The molecule has 0 aliphatic rings. The quantitative estimate of drug-likeness (QED) is 0.463. The number of carbonyl (C=O) groups excluding carboxylic acids is 2. The summed E-state index contributed by atoms with van der Waals surface area (Å²) in [6.45, 7) is 3.67. The standard InChI is InChI=1S/C18H18N2O6/c1-3-25-16-10-5-4-9-15(16)19-17(21)12(2)26-18(22)13-7-6-8-14(11-13)20(23)24/h4-12H,3H2,1-2H3,(H,19,21). The Balaban J connectivity index is 2.04. The third kappa shape index (κ3) is 4.79. The van der Waals surface area contributed by atoms with Crippen LogP contribution >= 0.6 is 0 Å². The second-order valence-corrected chi connectivity index (χ2v) is 5.27. The maximum Gasteiger partial charge on any atom is 0.339 e. The summed E-state index contributed by atoms with van der Waals surface area (Å²) < 4.78 is 10.5. The highest BCUT2D eigenvalue weighted by Crippen LogP contribution is 2.24. The number of hydrogen-bond donors (Lipinski definition) is 1. The van der Waals surface area contributed by atoms with Crippen LogP contribution in [0.25, 0.3) is 0 Å². The molecule has 0 spiro atoms. The molecular weight excluding hydrogens is 340 g/mol. The van der Waals surface area contributed by atoms with E-state index in [1.165, 1.54) is 25.1 Å². The summed E-state index contributed by atoms with van der Waals surface area (Å²) in [6.07, 6.45) is -1.10. The summed E-state index contributed by atoms with van der Waals surface area (Å²) >= 11 is 0. The van der Waals surface area contributed by atoms with Crippen molar-refractivity contribution in [3.05, 3.63) is 64.2 Å². The van der Waals surface area contributed by atoms with Gasteiger partial charge in [-0.3, -0.25) is 14.9 Å². The second-order valence-electron chi connectivity index (χ2n) is 5.27. The van der Waals surface area contributed by atoms with Crippen molar-refractivity contribution in [1.82, 2.24) is 0 Å². The van der Waals surface area contributed by atoms with E-state index in [4.69, 9.17) is 9.47 Å². The van der Waals surface area contributed by atoms with Crippen molar-refractivity contribution < 1.29 is 24.0 Å². The van der Waals surface area contributed by atoms with Gasteiger partial charge in [0.1, 0.15) is 5.75 Å². The van der Waals surface area contributed by atoms with E-state index in [0.29, 0.717) is 18.0 Å². The predicted octanol–water partition coefficient (Wildman–Crippen LogP) is 3.18. The molecule has 0 fully saturated rings. The van der Waals surface area contributed by atoms with Crippen LogP contribution in [0.4, 0.5) is 11.4 Å². The highest BCUT2D eigenvalue weighted by molar-refractivity contribution is 5.98. The summed E-state index contributed by atoms with van der Waals surface area (Å²) in [6, 6.07) is 12.0. The average molecular weight is 358 g/mol. The molecule has 1 amide bonds. The highest BCUT2D eigenvalue weighted by atomic mass is 16.6. The van der Waals surface area contributed by atoms with Crippen LogP contribution in [0.1, 0.15) is 24.2 Å². The van der Waals surface area contributed by atoms with Crippen molar-refractivity contribution in [2.45, 2.75) is 20.0 Å². The van der Waals surface area contributed by atoms with Crippen LogP contribution < -0.4 is 10.1 Å². The number of carbonyl (C=O) groups is 2. The first-order valence-electron chi connectivity index (χ1n) is 7.90. The Kier molecular flexibility index (Phi) is 6.26. The van der Waals surface area contributed by atoms with Crippen LogP contribution in [0, 0.1) is 10.1 Å². The Morgan fingerprint density at radius 2 is 1.92 bits per heavy atom. The molecule has 8 heteroatoms. The number of non-ortho nitro benzene ring substituents is 1. The summed E-state index contributed by atoms with van der Waals surface area (Å²) in [5, 5.41) is 13.4. The minimum absolute atomic E-state index is 0.00596. The fourth-order valence-corrected chi connectivity index (χ4v) is 2.11. The molecule has 2 aromatic carbocycles. The monoisotopic (exact) mass is 358 g/mol. The van der Waals surface area contributed by atoms with Gasteiger partial charge in [-0.15, -0.1) is 0 Å². The normalized spacial score (nSPS) is 11.3. The molecule has 1 unspecified atom stereocenters. The molecule has 2 aromatic rings. The van der Waals surface area contributed by atoms with E-state index < -0.39 is 22.9 Å². The van der Waals surface area contributed by atoms with Crippen molar-refractivity contribution in [2.24, 2.45) is 0 Å². The van der Waals surface area contributed by atoms with E-state index >= 15 is 0 Å². The first kappa shape index (κ1) is 18.9. The van der Waals surface area contributed by atoms with Crippen LogP contribution in [0.5, 0.6) is 5.75 Å². The fraction of sp³-hybridized carbons (Fsp3) is 0.222. The molecule has 2 rings (SSSR count). The van der Waals surface area contributed by atoms with Gasteiger partial charge in [-0.25, -0.2) is 4.79 Å². The van der Waals surface area contributed by atoms with Crippen LogP contribution in [0.2, 0.25) is 0 Å². The largest absolute Gasteiger partial charge is 0.492 e. The average Bonchev–Trinajstić information content (AvgIpc) is 2.63. The zero-order chi connectivity index (χ0) is 19.1. The van der Waals surface area contributed by atoms with E-state index in [-0.39, 0.29) is 11.3 Å². The van der Waals surface area contributed by atoms with E-state index in [1.807, 2.05) is 6.92 Å². The summed E-state index contributed by atoms with van der Waals surface area (Å²) in [7, 11) is 0. The number of nitrogens with zero attached hydrogens (tertiary/aromatic N) is 1. The number of para-hydroxylation sites is 2. The predicted molar refractivity (Wildman–Crippen MR) is 94.2 cm³/mol. The zero-order valence-electron chi connectivity index (χ0n) is 14.3. The Morgan fingerprint density at radius 1 is 1.19 bits per heavy atom. The molecule has 0 heterocycles. The van der Waals surface area contributed by atoms with Crippen LogP contribution in [-0.2, 0) is 9.53 Å². The Bertz CT molecular complexity index is 821. The Labute approximate surface area is 149 Å². The summed E-state index contributed by atoms with van der Waals surface area (Å²) in [5.41, 5.74) is 0.216. The van der Waals surface area contributed by atoms with Crippen molar-refractivity contribution in [1.29, 1.82) is 0 Å². The third-order valence-electron chi connectivity index (χ3n) is 3.39. The molecule has 26 heavy (non-hydrogen) atoms. The molecule has 8 nitrogen and oxygen atoms in total. The molecule has 0 aliphatic carbocycles. The SMILES string of the molecule is CCOc1ccccc1NC(=O)C(C)OC(=O)c1cccc([N+](=O)[O-])c1. The van der Waals surface area contributed by atoms with E-state index in [9.17, 15) is 19.7 Å². The minimum Gasteiger partial charge on any atom is -0.492 e. The Morgan fingerprint density at radius 3 is 2.62 bits per heavy atom. The lowest BCUT2D eigenvalue weighted by molar-refractivity contribution is -0.384. The van der Waals surface area contributed by atoms with Crippen molar-refractivity contribution in [2.75, 3.05) is 11.9 Å². The molecule has 0 bridgehead atoms. The van der Waals surface area contributed by atoms with E-state index in [1.54, 1.807) is 24.3 Å². The van der Waals surface area contributed by atoms with Gasteiger partial charge >= 0.3 is 5.97 Å².